The number of aliphatic hydroxyl groups excluding tert-OH is 1. The Labute approximate surface area is 141 Å². The number of aliphatic hydroxyl groups is 1. The molecular formula is C19H23N3O2. The van der Waals surface area contributed by atoms with Crippen LogP contribution in [0.1, 0.15) is 35.3 Å². The van der Waals surface area contributed by atoms with Gasteiger partial charge < -0.3 is 14.4 Å². The normalized spacial score (nSPS) is 11.2. The lowest BCUT2D eigenvalue weighted by atomic mass is 10.1. The SMILES string of the molecule is CCOc1ccc(-n2c(C)c3c(C)nnc(C)c3c2C)cc1CO. The van der Waals surface area contributed by atoms with Gasteiger partial charge in [0, 0.05) is 33.4 Å². The van der Waals surface area contributed by atoms with Gasteiger partial charge in [-0.2, -0.15) is 10.2 Å². The summed E-state index contributed by atoms with van der Waals surface area (Å²) < 4.78 is 7.78. The van der Waals surface area contributed by atoms with Gasteiger partial charge in [-0.1, -0.05) is 0 Å². The summed E-state index contributed by atoms with van der Waals surface area (Å²) in [4.78, 5) is 0. The number of hydrogen-bond acceptors (Lipinski definition) is 4. The number of ether oxygens (including phenoxy) is 1. The summed E-state index contributed by atoms with van der Waals surface area (Å²) in [7, 11) is 0. The summed E-state index contributed by atoms with van der Waals surface area (Å²) >= 11 is 0. The van der Waals surface area contributed by atoms with Crippen LogP contribution in [0.2, 0.25) is 0 Å². The Kier molecular flexibility index (Phi) is 4.28. The van der Waals surface area contributed by atoms with Crippen LogP contribution >= 0.6 is 0 Å². The van der Waals surface area contributed by atoms with Crippen molar-refractivity contribution < 1.29 is 9.84 Å². The van der Waals surface area contributed by atoms with Crippen LogP contribution in [-0.4, -0.2) is 26.5 Å². The molecule has 0 saturated carbocycles. The summed E-state index contributed by atoms with van der Waals surface area (Å²) in [5.74, 6) is 0.728. The highest BCUT2D eigenvalue weighted by atomic mass is 16.5. The maximum absolute atomic E-state index is 9.67. The second-order valence-electron chi connectivity index (χ2n) is 6.01. The third-order valence-electron chi connectivity index (χ3n) is 4.49. The molecule has 1 N–H and O–H groups in total. The van der Waals surface area contributed by atoms with E-state index in [9.17, 15) is 5.11 Å². The molecule has 5 heteroatoms. The zero-order chi connectivity index (χ0) is 17.4. The average molecular weight is 325 g/mol. The molecule has 0 radical (unpaired) electrons. The van der Waals surface area contributed by atoms with Gasteiger partial charge in [-0.15, -0.1) is 0 Å². The molecule has 24 heavy (non-hydrogen) atoms. The van der Waals surface area contributed by atoms with E-state index in [1.165, 1.54) is 0 Å². The van der Waals surface area contributed by atoms with E-state index >= 15 is 0 Å². The smallest absolute Gasteiger partial charge is 0.124 e. The van der Waals surface area contributed by atoms with E-state index in [1.54, 1.807) is 0 Å². The standard InChI is InChI=1S/C19H23N3O2/c1-6-24-17-8-7-16(9-15(17)10-23)22-13(4)18-11(2)20-21-12(3)19(18)14(22)5/h7-9,23H,6,10H2,1-5H3. The van der Waals surface area contributed by atoms with Crippen molar-refractivity contribution in [2.24, 2.45) is 0 Å². The Morgan fingerprint density at radius 1 is 1.00 bits per heavy atom. The van der Waals surface area contributed by atoms with E-state index in [0.29, 0.717) is 6.61 Å². The number of fused-ring (bicyclic) bond motifs is 1. The molecule has 0 bridgehead atoms. The van der Waals surface area contributed by atoms with Gasteiger partial charge in [-0.3, -0.25) is 0 Å². The minimum Gasteiger partial charge on any atom is -0.494 e. The van der Waals surface area contributed by atoms with Crippen LogP contribution in [-0.2, 0) is 6.61 Å². The van der Waals surface area contributed by atoms with Crippen molar-refractivity contribution in [3.63, 3.8) is 0 Å². The molecule has 126 valence electrons. The summed E-state index contributed by atoms with van der Waals surface area (Å²) in [5, 5.41) is 20.5. The lowest BCUT2D eigenvalue weighted by molar-refractivity contribution is 0.267. The average Bonchev–Trinajstić information content (AvgIpc) is 2.84. The number of rotatable bonds is 4. The number of aryl methyl sites for hydroxylation is 4. The molecule has 3 aromatic rings. The first-order chi connectivity index (χ1) is 11.5. The zero-order valence-corrected chi connectivity index (χ0v) is 14.8. The second-order valence-corrected chi connectivity index (χ2v) is 6.01. The maximum atomic E-state index is 9.67. The molecule has 1 aromatic carbocycles. The highest BCUT2D eigenvalue weighted by Gasteiger charge is 2.18. The van der Waals surface area contributed by atoms with Crippen molar-refractivity contribution in [2.45, 2.75) is 41.2 Å². The van der Waals surface area contributed by atoms with Gasteiger partial charge >= 0.3 is 0 Å². The van der Waals surface area contributed by atoms with Crippen LogP contribution < -0.4 is 4.74 Å². The molecule has 0 amide bonds. The monoisotopic (exact) mass is 325 g/mol. The van der Waals surface area contributed by atoms with E-state index < -0.39 is 0 Å². The minimum absolute atomic E-state index is 0.0524. The number of benzene rings is 1. The van der Waals surface area contributed by atoms with E-state index in [4.69, 9.17) is 4.74 Å². The zero-order valence-electron chi connectivity index (χ0n) is 14.8. The molecule has 2 heterocycles. The maximum Gasteiger partial charge on any atom is 0.124 e. The van der Waals surface area contributed by atoms with Gasteiger partial charge in [0.05, 0.1) is 24.6 Å². The first kappa shape index (κ1) is 16.5. The largest absolute Gasteiger partial charge is 0.494 e. The van der Waals surface area contributed by atoms with Gasteiger partial charge in [0.25, 0.3) is 0 Å². The molecule has 3 rings (SSSR count). The molecular weight excluding hydrogens is 302 g/mol. The Balaban J connectivity index is 2.27. The molecule has 0 aliphatic heterocycles. The highest BCUT2D eigenvalue weighted by molar-refractivity contribution is 5.92. The van der Waals surface area contributed by atoms with E-state index in [1.807, 2.05) is 39.0 Å². The minimum atomic E-state index is -0.0524. The molecule has 0 aliphatic rings. The Morgan fingerprint density at radius 3 is 2.08 bits per heavy atom. The van der Waals surface area contributed by atoms with Gasteiger partial charge in [0.1, 0.15) is 5.75 Å². The fourth-order valence-corrected chi connectivity index (χ4v) is 3.48. The van der Waals surface area contributed by atoms with Crippen LogP contribution in [0.3, 0.4) is 0 Å². The fourth-order valence-electron chi connectivity index (χ4n) is 3.48. The van der Waals surface area contributed by atoms with Crippen LogP contribution in [0.15, 0.2) is 18.2 Å². The molecule has 0 aliphatic carbocycles. The van der Waals surface area contributed by atoms with Gasteiger partial charge in [-0.05, 0) is 52.8 Å². The van der Waals surface area contributed by atoms with Gasteiger partial charge in [0.2, 0.25) is 0 Å². The van der Waals surface area contributed by atoms with Crippen LogP contribution in [0.5, 0.6) is 5.75 Å². The van der Waals surface area contributed by atoms with E-state index in [2.05, 4.69) is 28.6 Å². The Bertz CT molecular complexity index is 868. The van der Waals surface area contributed by atoms with E-state index in [0.717, 1.165) is 50.5 Å². The van der Waals surface area contributed by atoms with Crippen molar-refractivity contribution in [1.29, 1.82) is 0 Å². The summed E-state index contributed by atoms with van der Waals surface area (Å²) in [5.41, 5.74) is 5.92. The molecule has 0 spiro atoms. The summed E-state index contributed by atoms with van der Waals surface area (Å²) in [6.45, 7) is 10.6. The number of hydrogen-bond donors (Lipinski definition) is 1. The third-order valence-corrected chi connectivity index (χ3v) is 4.49. The predicted octanol–water partition coefficient (Wildman–Crippen LogP) is 3.55. The first-order valence-corrected chi connectivity index (χ1v) is 8.18. The van der Waals surface area contributed by atoms with Gasteiger partial charge in [0.15, 0.2) is 0 Å². The highest BCUT2D eigenvalue weighted by Crippen LogP contribution is 2.32. The fraction of sp³-hybridized carbons (Fsp3) is 0.368. The topological polar surface area (TPSA) is 60.2 Å². The molecule has 2 aromatic heterocycles. The molecule has 0 saturated heterocycles. The Morgan fingerprint density at radius 2 is 1.58 bits per heavy atom. The predicted molar refractivity (Wildman–Crippen MR) is 94.9 cm³/mol. The van der Waals surface area contributed by atoms with Crippen LogP contribution in [0.4, 0.5) is 0 Å². The number of aromatic nitrogens is 3. The molecule has 0 unspecified atom stereocenters. The molecule has 0 atom stereocenters. The lowest BCUT2D eigenvalue weighted by Crippen LogP contribution is -2.02. The molecule has 0 fully saturated rings. The lowest BCUT2D eigenvalue weighted by Gasteiger charge is -2.14. The summed E-state index contributed by atoms with van der Waals surface area (Å²) in [6.07, 6.45) is 0. The van der Waals surface area contributed by atoms with E-state index in [-0.39, 0.29) is 6.61 Å². The Hall–Kier alpha value is -2.40. The van der Waals surface area contributed by atoms with Crippen molar-refractivity contribution in [2.75, 3.05) is 6.61 Å². The van der Waals surface area contributed by atoms with Gasteiger partial charge in [-0.25, -0.2) is 0 Å². The van der Waals surface area contributed by atoms with Crippen LogP contribution in [0.25, 0.3) is 16.5 Å². The second kappa shape index (κ2) is 6.24. The van der Waals surface area contributed by atoms with Crippen molar-refractivity contribution in [3.05, 3.63) is 46.5 Å². The third kappa shape index (κ3) is 2.45. The van der Waals surface area contributed by atoms with Crippen LogP contribution in [0, 0.1) is 27.7 Å². The quantitative estimate of drug-likeness (QED) is 0.797. The van der Waals surface area contributed by atoms with Crippen molar-refractivity contribution >= 4 is 10.8 Å². The summed E-state index contributed by atoms with van der Waals surface area (Å²) in [6, 6.07) is 5.92. The van der Waals surface area contributed by atoms with Crippen molar-refractivity contribution in [3.8, 4) is 11.4 Å². The first-order valence-electron chi connectivity index (χ1n) is 8.18. The number of nitrogens with zero attached hydrogens (tertiary/aromatic N) is 3. The van der Waals surface area contributed by atoms with Crippen molar-refractivity contribution in [1.82, 2.24) is 14.8 Å². The molecule has 5 nitrogen and oxygen atoms in total.